The topological polar surface area (TPSA) is 12.0 Å². The molecule has 98 valence electrons. The van der Waals surface area contributed by atoms with Crippen LogP contribution >= 0.6 is 11.3 Å². The Morgan fingerprint density at radius 2 is 2.06 bits per heavy atom. The maximum atomic E-state index is 11.9. The number of nitrogens with one attached hydrogen (secondary N) is 1. The van der Waals surface area contributed by atoms with E-state index in [1.54, 1.807) is 11.3 Å². The van der Waals surface area contributed by atoms with Crippen molar-refractivity contribution in [2.24, 2.45) is 0 Å². The molecule has 1 unspecified atom stereocenters. The molecular formula is C12H18F3NS. The summed E-state index contributed by atoms with van der Waals surface area (Å²) in [5, 5.41) is 7.40. The maximum Gasteiger partial charge on any atom is 0.389 e. The van der Waals surface area contributed by atoms with Crippen LogP contribution in [-0.4, -0.2) is 12.2 Å². The molecule has 0 amide bonds. The minimum Gasteiger partial charge on any atom is -0.310 e. The van der Waals surface area contributed by atoms with Crippen LogP contribution in [-0.2, 0) is 6.54 Å². The van der Waals surface area contributed by atoms with Crippen LogP contribution in [0.1, 0.15) is 37.3 Å². The van der Waals surface area contributed by atoms with Gasteiger partial charge in [0.2, 0.25) is 0 Å². The van der Waals surface area contributed by atoms with Gasteiger partial charge in [0.25, 0.3) is 0 Å². The van der Waals surface area contributed by atoms with Crippen LogP contribution in [0.15, 0.2) is 10.8 Å². The summed E-state index contributed by atoms with van der Waals surface area (Å²) in [7, 11) is 0. The lowest BCUT2D eigenvalue weighted by Gasteiger charge is -2.14. The van der Waals surface area contributed by atoms with Crippen molar-refractivity contribution in [2.75, 3.05) is 0 Å². The van der Waals surface area contributed by atoms with E-state index >= 15 is 0 Å². The number of halogens is 3. The highest BCUT2D eigenvalue weighted by Gasteiger charge is 2.26. The van der Waals surface area contributed by atoms with E-state index in [-0.39, 0.29) is 12.5 Å². The van der Waals surface area contributed by atoms with E-state index in [9.17, 15) is 13.2 Å². The van der Waals surface area contributed by atoms with Crippen molar-refractivity contribution in [3.8, 4) is 0 Å². The second-order valence-electron chi connectivity index (χ2n) is 4.37. The molecule has 0 saturated heterocycles. The van der Waals surface area contributed by atoms with Crippen molar-refractivity contribution in [2.45, 2.75) is 51.9 Å². The van der Waals surface area contributed by atoms with Crippen molar-refractivity contribution in [1.82, 2.24) is 5.32 Å². The van der Waals surface area contributed by atoms with Gasteiger partial charge in [0.1, 0.15) is 0 Å². The fourth-order valence-electron chi connectivity index (χ4n) is 1.56. The quantitative estimate of drug-likeness (QED) is 0.810. The standard InChI is InChI=1S/C12H18F3NS/c1-9-7-17-8-11(9)6-16-10(2)4-3-5-12(13,14)15/h7-8,10,16H,3-6H2,1-2H3. The number of rotatable bonds is 6. The molecule has 0 aliphatic carbocycles. The average Bonchev–Trinajstić information content (AvgIpc) is 2.59. The molecule has 0 spiro atoms. The Bertz CT molecular complexity index is 333. The minimum absolute atomic E-state index is 0.122. The van der Waals surface area contributed by atoms with Gasteiger partial charge in [-0.1, -0.05) is 0 Å². The van der Waals surface area contributed by atoms with Gasteiger partial charge in [0.15, 0.2) is 0 Å². The monoisotopic (exact) mass is 265 g/mol. The van der Waals surface area contributed by atoms with Crippen molar-refractivity contribution in [3.05, 3.63) is 21.9 Å². The van der Waals surface area contributed by atoms with E-state index in [1.807, 2.05) is 13.8 Å². The van der Waals surface area contributed by atoms with E-state index in [2.05, 4.69) is 16.1 Å². The first kappa shape index (κ1) is 14.5. The Hall–Kier alpha value is -0.550. The molecule has 1 heterocycles. The smallest absolute Gasteiger partial charge is 0.310 e. The van der Waals surface area contributed by atoms with E-state index in [0.717, 1.165) is 6.54 Å². The Balaban J connectivity index is 2.18. The van der Waals surface area contributed by atoms with Gasteiger partial charge >= 0.3 is 6.18 Å². The normalized spacial score (nSPS) is 13.9. The zero-order valence-electron chi connectivity index (χ0n) is 10.1. The van der Waals surface area contributed by atoms with Crippen LogP contribution in [0, 0.1) is 6.92 Å². The summed E-state index contributed by atoms with van der Waals surface area (Å²) in [5.41, 5.74) is 2.47. The summed E-state index contributed by atoms with van der Waals surface area (Å²) in [4.78, 5) is 0. The van der Waals surface area contributed by atoms with Gasteiger partial charge in [-0.2, -0.15) is 24.5 Å². The number of hydrogen-bond acceptors (Lipinski definition) is 2. The predicted octanol–water partition coefficient (Wildman–Crippen LogP) is 4.27. The highest BCUT2D eigenvalue weighted by atomic mass is 32.1. The number of thiophene rings is 1. The maximum absolute atomic E-state index is 11.9. The molecule has 0 aliphatic heterocycles. The van der Waals surface area contributed by atoms with Gasteiger partial charge in [0, 0.05) is 19.0 Å². The van der Waals surface area contributed by atoms with E-state index in [4.69, 9.17) is 0 Å². The van der Waals surface area contributed by atoms with Crippen LogP contribution in [0.25, 0.3) is 0 Å². The summed E-state index contributed by atoms with van der Waals surface area (Å²) in [5.74, 6) is 0. The van der Waals surface area contributed by atoms with Crippen molar-refractivity contribution >= 4 is 11.3 Å². The molecule has 0 bridgehead atoms. The largest absolute Gasteiger partial charge is 0.389 e. The SMILES string of the molecule is Cc1cscc1CNC(C)CCCC(F)(F)F. The molecule has 1 atom stereocenters. The molecule has 0 aliphatic rings. The molecule has 0 fully saturated rings. The molecule has 1 rings (SSSR count). The van der Waals surface area contributed by atoms with Gasteiger partial charge in [-0.25, -0.2) is 0 Å². The van der Waals surface area contributed by atoms with E-state index in [0.29, 0.717) is 6.42 Å². The average molecular weight is 265 g/mol. The Morgan fingerprint density at radius 3 is 2.59 bits per heavy atom. The van der Waals surface area contributed by atoms with Gasteiger partial charge < -0.3 is 5.32 Å². The van der Waals surface area contributed by atoms with Crippen molar-refractivity contribution in [1.29, 1.82) is 0 Å². The Kier molecular flexibility index (Phi) is 5.46. The molecule has 1 N–H and O–H groups in total. The van der Waals surface area contributed by atoms with Crippen LogP contribution in [0.3, 0.4) is 0 Å². The molecule has 1 nitrogen and oxygen atoms in total. The third kappa shape index (κ3) is 6.07. The lowest BCUT2D eigenvalue weighted by atomic mass is 10.1. The molecule has 17 heavy (non-hydrogen) atoms. The Labute approximate surface area is 104 Å². The fourth-order valence-corrected chi connectivity index (χ4v) is 2.42. The van der Waals surface area contributed by atoms with E-state index < -0.39 is 12.6 Å². The van der Waals surface area contributed by atoms with Crippen molar-refractivity contribution in [3.63, 3.8) is 0 Å². The zero-order chi connectivity index (χ0) is 12.9. The van der Waals surface area contributed by atoms with Crippen LogP contribution < -0.4 is 5.32 Å². The number of hydrogen-bond donors (Lipinski definition) is 1. The first-order chi connectivity index (χ1) is 7.88. The molecule has 5 heteroatoms. The van der Waals surface area contributed by atoms with Crippen LogP contribution in [0.4, 0.5) is 13.2 Å². The number of alkyl halides is 3. The molecular weight excluding hydrogens is 247 g/mol. The van der Waals surface area contributed by atoms with Gasteiger partial charge in [-0.3, -0.25) is 0 Å². The molecule has 0 saturated carbocycles. The number of aryl methyl sites for hydroxylation is 1. The zero-order valence-corrected chi connectivity index (χ0v) is 10.9. The molecule has 1 aromatic heterocycles. The summed E-state index contributed by atoms with van der Waals surface area (Å²) >= 11 is 1.65. The molecule has 0 aromatic carbocycles. The predicted molar refractivity (Wildman–Crippen MR) is 65.3 cm³/mol. The highest BCUT2D eigenvalue weighted by molar-refractivity contribution is 7.08. The fraction of sp³-hybridized carbons (Fsp3) is 0.667. The van der Waals surface area contributed by atoms with Crippen LogP contribution in [0.2, 0.25) is 0 Å². The van der Waals surface area contributed by atoms with Gasteiger partial charge in [-0.15, -0.1) is 0 Å². The molecule has 0 radical (unpaired) electrons. The first-order valence-electron chi connectivity index (χ1n) is 5.70. The second kappa shape index (κ2) is 6.40. The third-order valence-electron chi connectivity index (χ3n) is 2.70. The minimum atomic E-state index is -4.02. The molecule has 1 aromatic rings. The van der Waals surface area contributed by atoms with Gasteiger partial charge in [0.05, 0.1) is 0 Å². The highest BCUT2D eigenvalue weighted by Crippen LogP contribution is 2.22. The summed E-state index contributed by atoms with van der Waals surface area (Å²) in [6, 6.07) is 0.122. The van der Waals surface area contributed by atoms with Gasteiger partial charge in [-0.05, 0) is 48.6 Å². The summed E-state index contributed by atoms with van der Waals surface area (Å²) in [6.07, 6.45) is -3.96. The van der Waals surface area contributed by atoms with Crippen LogP contribution in [0.5, 0.6) is 0 Å². The van der Waals surface area contributed by atoms with E-state index in [1.165, 1.54) is 11.1 Å². The Morgan fingerprint density at radius 1 is 1.35 bits per heavy atom. The lowest BCUT2D eigenvalue weighted by molar-refractivity contribution is -0.135. The van der Waals surface area contributed by atoms with Crippen molar-refractivity contribution < 1.29 is 13.2 Å². The lowest BCUT2D eigenvalue weighted by Crippen LogP contribution is -2.25. The second-order valence-corrected chi connectivity index (χ2v) is 5.11. The summed E-state index contributed by atoms with van der Waals surface area (Å²) in [6.45, 7) is 4.71. The third-order valence-corrected chi connectivity index (χ3v) is 3.61. The first-order valence-corrected chi connectivity index (χ1v) is 6.64. The summed E-state index contributed by atoms with van der Waals surface area (Å²) < 4.78 is 35.8.